The number of hydrogen-bond acceptors (Lipinski definition) is 6. The number of thiophene rings is 1. The standard InChI is InChI=1S/C23H28N4O3S/c1-6-26(7-2)13-20-25-22-21(14(3)15(4)31-22)23(30)27(20)12-19(29)17-8-10-18(11-9-17)24-16(5)28/h8-11H,6-7,12-13H2,1-5H3,(H,24,28). The molecule has 164 valence electrons. The molecule has 1 amide bonds. The number of aromatic nitrogens is 2. The second-order valence-electron chi connectivity index (χ2n) is 7.53. The lowest BCUT2D eigenvalue weighted by Crippen LogP contribution is -2.33. The Kier molecular flexibility index (Phi) is 7.02. The zero-order valence-corrected chi connectivity index (χ0v) is 19.4. The van der Waals surface area contributed by atoms with E-state index in [4.69, 9.17) is 4.98 Å². The topological polar surface area (TPSA) is 84.3 Å². The van der Waals surface area contributed by atoms with E-state index in [1.807, 2.05) is 13.8 Å². The molecule has 2 aromatic heterocycles. The van der Waals surface area contributed by atoms with Crippen molar-refractivity contribution in [2.24, 2.45) is 0 Å². The molecule has 1 N–H and O–H groups in total. The van der Waals surface area contributed by atoms with Crippen LogP contribution < -0.4 is 10.9 Å². The lowest BCUT2D eigenvalue weighted by atomic mass is 10.1. The first kappa shape index (κ1) is 22.8. The average Bonchev–Trinajstić information content (AvgIpc) is 3.02. The van der Waals surface area contributed by atoms with Crippen LogP contribution in [-0.2, 0) is 17.9 Å². The van der Waals surface area contributed by atoms with Crippen LogP contribution in [0.4, 0.5) is 5.69 Å². The SMILES string of the molecule is CCN(CC)Cc1nc2sc(C)c(C)c2c(=O)n1CC(=O)c1ccc(NC(C)=O)cc1. The molecular weight excluding hydrogens is 412 g/mol. The van der Waals surface area contributed by atoms with Gasteiger partial charge in [-0.1, -0.05) is 13.8 Å². The molecule has 0 bridgehead atoms. The number of nitrogens with zero attached hydrogens (tertiary/aromatic N) is 3. The van der Waals surface area contributed by atoms with E-state index in [0.717, 1.165) is 28.4 Å². The smallest absolute Gasteiger partial charge is 0.263 e. The van der Waals surface area contributed by atoms with Crippen LogP contribution in [0, 0.1) is 13.8 Å². The molecule has 3 aromatic rings. The summed E-state index contributed by atoms with van der Waals surface area (Å²) in [5.41, 5.74) is 1.86. The predicted octanol–water partition coefficient (Wildman–Crippen LogP) is 3.76. The summed E-state index contributed by atoms with van der Waals surface area (Å²) >= 11 is 1.52. The Morgan fingerprint density at radius 1 is 1.13 bits per heavy atom. The van der Waals surface area contributed by atoms with Crippen LogP contribution in [0.1, 0.15) is 47.4 Å². The Bertz CT molecular complexity index is 1170. The monoisotopic (exact) mass is 440 g/mol. The third-order valence-electron chi connectivity index (χ3n) is 5.46. The maximum atomic E-state index is 13.4. The third kappa shape index (κ3) is 4.91. The van der Waals surface area contributed by atoms with Gasteiger partial charge in [-0.15, -0.1) is 11.3 Å². The van der Waals surface area contributed by atoms with Crippen LogP contribution in [0.3, 0.4) is 0 Å². The molecule has 2 heterocycles. The largest absolute Gasteiger partial charge is 0.326 e. The predicted molar refractivity (Wildman–Crippen MR) is 125 cm³/mol. The van der Waals surface area contributed by atoms with Crippen LogP contribution in [0.15, 0.2) is 29.1 Å². The molecule has 0 aliphatic carbocycles. The highest BCUT2D eigenvalue weighted by molar-refractivity contribution is 7.18. The van der Waals surface area contributed by atoms with Gasteiger partial charge < -0.3 is 5.32 Å². The van der Waals surface area contributed by atoms with Gasteiger partial charge in [0.2, 0.25) is 5.91 Å². The summed E-state index contributed by atoms with van der Waals surface area (Å²) in [5, 5.41) is 3.28. The number of benzene rings is 1. The van der Waals surface area contributed by atoms with Crippen LogP contribution in [0.2, 0.25) is 0 Å². The van der Waals surface area contributed by atoms with Gasteiger partial charge >= 0.3 is 0 Å². The third-order valence-corrected chi connectivity index (χ3v) is 6.56. The van der Waals surface area contributed by atoms with E-state index in [0.29, 0.717) is 29.0 Å². The number of fused-ring (bicyclic) bond motifs is 1. The highest BCUT2D eigenvalue weighted by atomic mass is 32.1. The Balaban J connectivity index is 2.01. The summed E-state index contributed by atoms with van der Waals surface area (Å²) < 4.78 is 1.52. The number of hydrogen-bond donors (Lipinski definition) is 1. The van der Waals surface area contributed by atoms with Gasteiger partial charge in [-0.05, 0) is 56.8 Å². The molecular formula is C23H28N4O3S. The molecule has 0 radical (unpaired) electrons. The van der Waals surface area contributed by atoms with Crippen molar-refractivity contribution in [3.8, 4) is 0 Å². The van der Waals surface area contributed by atoms with Gasteiger partial charge in [-0.3, -0.25) is 23.9 Å². The highest BCUT2D eigenvalue weighted by Gasteiger charge is 2.20. The number of anilines is 1. The van der Waals surface area contributed by atoms with Crippen molar-refractivity contribution in [1.82, 2.24) is 14.5 Å². The summed E-state index contributed by atoms with van der Waals surface area (Å²) in [7, 11) is 0. The van der Waals surface area contributed by atoms with E-state index in [1.54, 1.807) is 24.3 Å². The van der Waals surface area contributed by atoms with E-state index >= 15 is 0 Å². The number of carbonyl (C=O) groups is 2. The number of rotatable bonds is 8. The van der Waals surface area contributed by atoms with Crippen LogP contribution in [0.25, 0.3) is 10.2 Å². The first-order valence-electron chi connectivity index (χ1n) is 10.4. The van der Waals surface area contributed by atoms with E-state index in [2.05, 4.69) is 24.1 Å². The molecule has 7 nitrogen and oxygen atoms in total. The number of carbonyl (C=O) groups excluding carboxylic acids is 2. The lowest BCUT2D eigenvalue weighted by Gasteiger charge is -2.20. The van der Waals surface area contributed by atoms with Gasteiger partial charge in [0.1, 0.15) is 10.7 Å². The first-order valence-corrected chi connectivity index (χ1v) is 11.2. The molecule has 1 aromatic carbocycles. The second kappa shape index (κ2) is 9.53. The summed E-state index contributed by atoms with van der Waals surface area (Å²) in [6, 6.07) is 6.69. The van der Waals surface area contributed by atoms with Crippen molar-refractivity contribution in [2.75, 3.05) is 18.4 Å². The van der Waals surface area contributed by atoms with Gasteiger partial charge in [0.05, 0.1) is 18.5 Å². The fourth-order valence-corrected chi connectivity index (χ4v) is 4.52. The minimum absolute atomic E-state index is 0.0772. The highest BCUT2D eigenvalue weighted by Crippen LogP contribution is 2.26. The molecule has 0 fully saturated rings. The molecule has 31 heavy (non-hydrogen) atoms. The van der Waals surface area contributed by atoms with Crippen LogP contribution in [-0.4, -0.2) is 39.2 Å². The number of amides is 1. The molecule has 0 saturated carbocycles. The van der Waals surface area contributed by atoms with Gasteiger partial charge in [-0.25, -0.2) is 4.98 Å². The molecule has 0 aliphatic heterocycles. The minimum Gasteiger partial charge on any atom is -0.326 e. The van der Waals surface area contributed by atoms with E-state index < -0.39 is 0 Å². The van der Waals surface area contributed by atoms with Crippen molar-refractivity contribution in [3.05, 3.63) is 56.4 Å². The van der Waals surface area contributed by atoms with E-state index in [9.17, 15) is 14.4 Å². The van der Waals surface area contributed by atoms with Crippen molar-refractivity contribution in [2.45, 2.75) is 47.7 Å². The number of nitrogens with one attached hydrogen (secondary N) is 1. The minimum atomic E-state index is -0.178. The molecule has 8 heteroatoms. The quantitative estimate of drug-likeness (QED) is 0.539. The summed E-state index contributed by atoms with van der Waals surface area (Å²) in [5.74, 6) is 0.251. The number of Topliss-reactive ketones (excluding diaryl/α,β-unsaturated/α-hetero) is 1. The summed E-state index contributed by atoms with van der Waals surface area (Å²) in [6.45, 7) is 11.5. The van der Waals surface area contributed by atoms with Crippen LogP contribution >= 0.6 is 11.3 Å². The summed E-state index contributed by atoms with van der Waals surface area (Å²) in [4.78, 5) is 46.4. The zero-order chi connectivity index (χ0) is 22.7. The molecule has 0 unspecified atom stereocenters. The fourth-order valence-electron chi connectivity index (χ4n) is 3.48. The van der Waals surface area contributed by atoms with Crippen molar-refractivity contribution in [1.29, 1.82) is 0 Å². The summed E-state index contributed by atoms with van der Waals surface area (Å²) in [6.07, 6.45) is 0. The molecule has 0 saturated heterocycles. The first-order chi connectivity index (χ1) is 14.7. The Morgan fingerprint density at radius 2 is 1.77 bits per heavy atom. The van der Waals surface area contributed by atoms with Gasteiger partial charge in [-0.2, -0.15) is 0 Å². The van der Waals surface area contributed by atoms with Crippen molar-refractivity contribution in [3.63, 3.8) is 0 Å². The molecule has 0 spiro atoms. The van der Waals surface area contributed by atoms with Gasteiger partial charge in [0.25, 0.3) is 5.56 Å². The van der Waals surface area contributed by atoms with E-state index in [1.165, 1.54) is 22.8 Å². The zero-order valence-electron chi connectivity index (χ0n) is 18.6. The van der Waals surface area contributed by atoms with Crippen molar-refractivity contribution >= 4 is 38.9 Å². The number of ketones is 1. The van der Waals surface area contributed by atoms with Crippen molar-refractivity contribution < 1.29 is 9.59 Å². The Hall–Kier alpha value is -2.84. The van der Waals surface area contributed by atoms with Gasteiger partial charge in [0.15, 0.2) is 5.78 Å². The molecule has 3 rings (SSSR count). The Morgan fingerprint density at radius 3 is 2.35 bits per heavy atom. The maximum Gasteiger partial charge on any atom is 0.263 e. The lowest BCUT2D eigenvalue weighted by molar-refractivity contribution is -0.114. The maximum absolute atomic E-state index is 13.4. The fraction of sp³-hybridized carbons (Fsp3) is 0.391. The van der Waals surface area contributed by atoms with Gasteiger partial charge in [0, 0.05) is 23.1 Å². The molecule has 0 aliphatic rings. The van der Waals surface area contributed by atoms with Crippen LogP contribution in [0.5, 0.6) is 0 Å². The second-order valence-corrected chi connectivity index (χ2v) is 8.73. The normalized spacial score (nSPS) is 11.3. The Labute approximate surface area is 185 Å². The van der Waals surface area contributed by atoms with E-state index in [-0.39, 0.29) is 23.8 Å². The number of aryl methyl sites for hydroxylation is 2. The molecule has 0 atom stereocenters. The average molecular weight is 441 g/mol.